The number of hydrogen-bond acceptors (Lipinski definition) is 6. The average molecular weight is 440 g/mol. The summed E-state index contributed by atoms with van der Waals surface area (Å²) in [7, 11) is 1.59. The van der Waals surface area contributed by atoms with E-state index in [1.807, 2.05) is 54.6 Å². The Morgan fingerprint density at radius 2 is 1.91 bits per heavy atom. The van der Waals surface area contributed by atoms with Crippen LogP contribution in [0.1, 0.15) is 18.1 Å². The van der Waals surface area contributed by atoms with Crippen molar-refractivity contribution < 1.29 is 28.9 Å². The first kappa shape index (κ1) is 23.5. The number of carbonyl (C=O) groups excluding carboxylic acids is 2. The van der Waals surface area contributed by atoms with E-state index in [0.29, 0.717) is 6.42 Å². The molecule has 0 spiro atoms. The molecule has 2 amide bonds. The van der Waals surface area contributed by atoms with E-state index in [1.165, 1.54) is 6.08 Å². The van der Waals surface area contributed by atoms with E-state index in [0.717, 1.165) is 21.8 Å². The number of ether oxygens (including phenoxy) is 3. The lowest BCUT2D eigenvalue weighted by Gasteiger charge is -2.29. The van der Waals surface area contributed by atoms with E-state index in [2.05, 4.69) is 6.58 Å². The van der Waals surface area contributed by atoms with Crippen molar-refractivity contribution in [3.05, 3.63) is 78.4 Å². The second-order valence-corrected chi connectivity index (χ2v) is 7.77. The summed E-state index contributed by atoms with van der Waals surface area (Å²) in [6.45, 7) is 5.65. The smallest absolute Gasteiger partial charge is 0.416 e. The molecule has 1 fully saturated rings. The van der Waals surface area contributed by atoms with Gasteiger partial charge in [0.05, 0.1) is 31.8 Å². The molecule has 0 radical (unpaired) electrons. The van der Waals surface area contributed by atoms with Gasteiger partial charge in [-0.2, -0.15) is 0 Å². The highest BCUT2D eigenvalue weighted by molar-refractivity contribution is 5.95. The Morgan fingerprint density at radius 3 is 2.53 bits per heavy atom. The van der Waals surface area contributed by atoms with Crippen LogP contribution in [-0.4, -0.2) is 54.0 Å². The number of amides is 2. The molecule has 0 saturated carbocycles. The van der Waals surface area contributed by atoms with Crippen LogP contribution < -0.4 is 4.74 Å². The summed E-state index contributed by atoms with van der Waals surface area (Å²) in [6, 6.07) is 16.5. The summed E-state index contributed by atoms with van der Waals surface area (Å²) in [4.78, 5) is 26.5. The molecule has 7 nitrogen and oxygen atoms in total. The number of benzene rings is 2. The number of carbonyl (C=O) groups is 2. The van der Waals surface area contributed by atoms with Gasteiger partial charge in [-0.05, 0) is 29.7 Å². The fourth-order valence-electron chi connectivity index (χ4n) is 3.64. The molecule has 1 aliphatic heterocycles. The van der Waals surface area contributed by atoms with E-state index in [-0.39, 0.29) is 13.2 Å². The zero-order valence-electron chi connectivity index (χ0n) is 18.3. The molecule has 1 saturated heterocycles. The molecule has 4 atom stereocenters. The lowest BCUT2D eigenvalue weighted by Crippen LogP contribution is -2.48. The zero-order valence-corrected chi connectivity index (χ0v) is 18.3. The highest BCUT2D eigenvalue weighted by Gasteiger charge is 2.42. The van der Waals surface area contributed by atoms with Crippen molar-refractivity contribution in [3.63, 3.8) is 0 Å². The first-order chi connectivity index (χ1) is 15.4. The van der Waals surface area contributed by atoms with Crippen molar-refractivity contribution in [2.45, 2.75) is 38.2 Å². The van der Waals surface area contributed by atoms with Crippen LogP contribution in [0.3, 0.4) is 0 Å². The van der Waals surface area contributed by atoms with Crippen LogP contribution in [0.2, 0.25) is 0 Å². The van der Waals surface area contributed by atoms with E-state index in [9.17, 15) is 14.7 Å². The van der Waals surface area contributed by atoms with Gasteiger partial charge in [0.1, 0.15) is 18.5 Å². The van der Waals surface area contributed by atoms with Crippen LogP contribution in [0.5, 0.6) is 5.75 Å². The van der Waals surface area contributed by atoms with Gasteiger partial charge < -0.3 is 19.3 Å². The maximum atomic E-state index is 13.1. The molecular formula is C25H29NO6. The third-order valence-electron chi connectivity index (χ3n) is 5.58. The van der Waals surface area contributed by atoms with Gasteiger partial charge >= 0.3 is 6.09 Å². The summed E-state index contributed by atoms with van der Waals surface area (Å²) < 4.78 is 16.1. The lowest BCUT2D eigenvalue weighted by molar-refractivity contribution is -0.140. The molecule has 0 unspecified atom stereocenters. The lowest BCUT2D eigenvalue weighted by atomic mass is 9.96. The van der Waals surface area contributed by atoms with Crippen LogP contribution in [0.4, 0.5) is 4.79 Å². The largest absolute Gasteiger partial charge is 0.497 e. The highest BCUT2D eigenvalue weighted by atomic mass is 16.6. The number of methoxy groups -OCH3 is 1. The number of imide groups is 1. The normalized spacial score (nSPS) is 18.5. The van der Waals surface area contributed by atoms with Gasteiger partial charge in [-0.25, -0.2) is 9.69 Å². The van der Waals surface area contributed by atoms with Gasteiger partial charge in [0.15, 0.2) is 0 Å². The molecule has 0 aromatic heterocycles. The van der Waals surface area contributed by atoms with Crippen LogP contribution in [0.25, 0.3) is 0 Å². The van der Waals surface area contributed by atoms with Crippen molar-refractivity contribution in [2.24, 2.45) is 5.92 Å². The minimum atomic E-state index is -1.18. The molecule has 2 aromatic carbocycles. The Labute approximate surface area is 188 Å². The van der Waals surface area contributed by atoms with Crippen molar-refractivity contribution in [3.8, 4) is 5.75 Å². The quantitative estimate of drug-likeness (QED) is 0.572. The molecule has 1 aliphatic rings. The van der Waals surface area contributed by atoms with Crippen LogP contribution in [0, 0.1) is 5.92 Å². The predicted octanol–water partition coefficient (Wildman–Crippen LogP) is 3.35. The predicted molar refractivity (Wildman–Crippen MR) is 119 cm³/mol. The maximum Gasteiger partial charge on any atom is 0.416 e. The Hall–Kier alpha value is -3.16. The Bertz CT molecular complexity index is 914. The molecule has 3 rings (SSSR count). The number of aliphatic hydroxyl groups excluding tert-OH is 1. The number of cyclic esters (lactones) is 1. The minimum absolute atomic E-state index is 0.126. The van der Waals surface area contributed by atoms with Crippen molar-refractivity contribution in [2.75, 3.05) is 13.7 Å². The summed E-state index contributed by atoms with van der Waals surface area (Å²) in [5, 5.41) is 10.8. The number of nitrogens with zero attached hydrogens (tertiary/aromatic N) is 1. The number of hydrogen-bond donors (Lipinski definition) is 1. The molecule has 7 heteroatoms. The molecule has 0 aliphatic carbocycles. The fourth-order valence-corrected chi connectivity index (χ4v) is 3.64. The standard InChI is InChI=1S/C25H29NO6/c1-4-22(31-15-19-10-12-21(30-3)13-11-19)23(27)17(2)24(28)26-20(16-32-25(26)29)14-18-8-6-5-7-9-18/h4-13,17,20,22-23,27H,1,14-16H2,2-3H3/t17-,20+,22+,23-/m0/s1. The van der Waals surface area contributed by atoms with Crippen LogP contribution in [-0.2, 0) is 27.3 Å². The fraction of sp³-hybridized carbons (Fsp3) is 0.360. The van der Waals surface area contributed by atoms with E-state index in [1.54, 1.807) is 14.0 Å². The highest BCUT2D eigenvalue weighted by Crippen LogP contribution is 2.23. The summed E-state index contributed by atoms with van der Waals surface area (Å²) in [5.74, 6) is -0.658. The van der Waals surface area contributed by atoms with Crippen molar-refractivity contribution in [1.29, 1.82) is 0 Å². The summed E-state index contributed by atoms with van der Waals surface area (Å²) in [5.41, 5.74) is 1.88. The van der Waals surface area contributed by atoms with Crippen LogP contribution in [0.15, 0.2) is 67.3 Å². The minimum Gasteiger partial charge on any atom is -0.497 e. The van der Waals surface area contributed by atoms with Gasteiger partial charge in [-0.3, -0.25) is 4.79 Å². The van der Waals surface area contributed by atoms with Crippen LogP contribution >= 0.6 is 0 Å². The van der Waals surface area contributed by atoms with E-state index in [4.69, 9.17) is 14.2 Å². The Morgan fingerprint density at radius 1 is 1.22 bits per heavy atom. The van der Waals surface area contributed by atoms with Gasteiger partial charge in [0.25, 0.3) is 0 Å². The van der Waals surface area contributed by atoms with E-state index < -0.39 is 36.2 Å². The summed E-state index contributed by atoms with van der Waals surface area (Å²) in [6.07, 6.45) is -0.711. The Kier molecular flexibility index (Phi) is 8.03. The molecule has 1 N–H and O–H groups in total. The second-order valence-electron chi connectivity index (χ2n) is 7.77. The van der Waals surface area contributed by atoms with Crippen molar-refractivity contribution >= 4 is 12.0 Å². The zero-order chi connectivity index (χ0) is 23.1. The van der Waals surface area contributed by atoms with Crippen molar-refractivity contribution in [1.82, 2.24) is 4.90 Å². The van der Waals surface area contributed by atoms with Gasteiger partial charge in [0.2, 0.25) is 5.91 Å². The summed E-state index contributed by atoms with van der Waals surface area (Å²) >= 11 is 0. The third kappa shape index (κ3) is 5.55. The Balaban J connectivity index is 1.63. The van der Waals surface area contributed by atoms with Gasteiger partial charge in [0, 0.05) is 0 Å². The van der Waals surface area contributed by atoms with Gasteiger partial charge in [-0.1, -0.05) is 55.5 Å². The molecule has 170 valence electrons. The monoisotopic (exact) mass is 439 g/mol. The molecular weight excluding hydrogens is 410 g/mol. The molecule has 1 heterocycles. The second kappa shape index (κ2) is 10.9. The van der Waals surface area contributed by atoms with E-state index >= 15 is 0 Å². The topological polar surface area (TPSA) is 85.3 Å². The molecule has 32 heavy (non-hydrogen) atoms. The number of rotatable bonds is 10. The van der Waals surface area contributed by atoms with Gasteiger partial charge in [-0.15, -0.1) is 6.58 Å². The molecule has 0 bridgehead atoms. The average Bonchev–Trinajstić information content (AvgIpc) is 3.19. The first-order valence-corrected chi connectivity index (χ1v) is 10.5. The third-order valence-corrected chi connectivity index (χ3v) is 5.58. The SMILES string of the molecule is C=C[C@@H](OCc1ccc(OC)cc1)[C@@H](O)[C@H](C)C(=O)N1C(=O)OC[C@H]1Cc1ccccc1. The number of aliphatic hydroxyl groups is 1. The molecule has 2 aromatic rings. The maximum absolute atomic E-state index is 13.1. The first-order valence-electron chi connectivity index (χ1n) is 10.5.